The van der Waals surface area contributed by atoms with Crippen LogP contribution in [0.2, 0.25) is 0 Å². The van der Waals surface area contributed by atoms with Crippen molar-refractivity contribution < 1.29 is 143 Å². The molecule has 18 heteroatoms. The van der Waals surface area contributed by atoms with Gasteiger partial charge in [0.05, 0.1) is 0 Å². The maximum Gasteiger partial charge on any atom is 4.00 e. The molecule has 0 aromatic rings. The first-order valence-corrected chi connectivity index (χ1v) is 11.5. The normalized spacial score (nSPS) is 5.67. The van der Waals surface area contributed by atoms with Crippen molar-refractivity contribution in [2.45, 2.75) is 0 Å². The molecule has 2 radical (unpaired) electrons. The predicted octanol–water partition coefficient (Wildman–Crippen LogP) is -8.24. The largest absolute Gasteiger partial charge is 4.00 e. The third kappa shape index (κ3) is 600. The van der Waals surface area contributed by atoms with Crippen LogP contribution in [0.3, 0.4) is 0 Å². The Balaban J connectivity index is -0.0000000257. The average molecular weight is 772 g/mol. The maximum absolute atomic E-state index is 8.60. The van der Waals surface area contributed by atoms with Crippen LogP contribution < -0.4 is 22.0 Å². The van der Waals surface area contributed by atoms with Gasteiger partial charge in [0.1, 0.15) is 0 Å². The molecule has 0 amide bonds. The molecule has 0 aromatic heterocycles. The van der Waals surface area contributed by atoms with Gasteiger partial charge in [0.25, 0.3) is 0 Å². The van der Waals surface area contributed by atoms with Gasteiger partial charge in [-0.05, 0) is 0 Å². The monoisotopic (exact) mass is 772 g/mol. The van der Waals surface area contributed by atoms with E-state index < -0.39 is 74.8 Å². The smallest absolute Gasteiger partial charge is 2.00 e. The van der Waals surface area contributed by atoms with Crippen molar-refractivity contribution in [1.29, 1.82) is 0 Å². The van der Waals surface area contributed by atoms with Crippen LogP contribution in [0.25, 0.3) is 0 Å². The summed E-state index contributed by atoms with van der Waals surface area (Å²) in [6, 6.07) is 0. The topological polar surface area (TPSA) is 241 Å². The van der Waals surface area contributed by atoms with E-state index in [0.717, 1.165) is 0 Å². The van der Waals surface area contributed by atoms with Gasteiger partial charge in [0.2, 0.25) is 0 Å². The Bertz CT molecular complexity index is 264. The van der Waals surface area contributed by atoms with Crippen molar-refractivity contribution in [2.24, 2.45) is 0 Å². The SMILES string of the molecule is [O]=[Nb](=[O])[O-].[O]=[Nb](=[O])[O-].[O]=[Ti]([O-])[O-].[O]=[Ti]([O-])[O-].[Pb+2].[Zr+4]. The van der Waals surface area contributed by atoms with Crippen LogP contribution in [-0.2, 0) is 121 Å². The van der Waals surface area contributed by atoms with Gasteiger partial charge >= 0.3 is 170 Å². The Kier molecular flexibility index (Phi) is 67.2. The third-order valence-corrected chi connectivity index (χ3v) is 0. The first kappa shape index (κ1) is 37.5. The van der Waals surface area contributed by atoms with Crippen molar-refractivity contribution in [1.82, 2.24) is 0 Å². The van der Waals surface area contributed by atoms with Gasteiger partial charge < -0.3 is 0 Å². The fourth-order valence-electron chi connectivity index (χ4n) is 0. The molecule has 18 heavy (non-hydrogen) atoms. The zero-order valence-corrected chi connectivity index (χ0v) is 21.7. The quantitative estimate of drug-likeness (QED) is 0.209. The van der Waals surface area contributed by atoms with Gasteiger partial charge in [0.15, 0.2) is 0 Å². The molecule has 0 heterocycles. The van der Waals surface area contributed by atoms with Crippen molar-refractivity contribution in [3.05, 3.63) is 0 Å². The van der Waals surface area contributed by atoms with E-state index in [0.29, 0.717) is 0 Å². The Morgan fingerprint density at radius 1 is 0.667 bits per heavy atom. The second-order valence-corrected chi connectivity index (χ2v) is 4.71. The van der Waals surface area contributed by atoms with Crippen molar-refractivity contribution in [3.8, 4) is 0 Å². The van der Waals surface area contributed by atoms with E-state index in [2.05, 4.69) is 0 Å². The fraction of sp³-hybridized carbons (Fsp3) is 0. The second-order valence-electron chi connectivity index (χ2n) is 0.947. The van der Waals surface area contributed by atoms with E-state index in [1.54, 1.807) is 0 Å². The Morgan fingerprint density at radius 2 is 0.667 bits per heavy atom. The van der Waals surface area contributed by atoms with Crippen molar-refractivity contribution >= 4 is 27.3 Å². The summed E-state index contributed by atoms with van der Waals surface area (Å²) < 4.78 is 103. The minimum absolute atomic E-state index is 0. The summed E-state index contributed by atoms with van der Waals surface area (Å²) in [5.74, 6) is 0. The Hall–Kier alpha value is 3.27. The van der Waals surface area contributed by atoms with Crippen LogP contribution in [0.4, 0.5) is 0 Å². The Morgan fingerprint density at radius 3 is 0.667 bits per heavy atom. The van der Waals surface area contributed by atoms with E-state index in [4.69, 9.17) is 41.6 Å². The Labute approximate surface area is 166 Å². The molecule has 0 aliphatic heterocycles. The molecule has 12 nitrogen and oxygen atoms in total. The fourth-order valence-corrected chi connectivity index (χ4v) is 0. The second kappa shape index (κ2) is 32.3. The van der Waals surface area contributed by atoms with Crippen LogP contribution in [-0.4, -0.2) is 27.3 Å². The maximum atomic E-state index is 8.60. The molecule has 0 bridgehead atoms. The molecule has 0 saturated heterocycles. The predicted molar refractivity (Wildman–Crippen MR) is 9.87 cm³/mol. The van der Waals surface area contributed by atoms with Crippen molar-refractivity contribution in [2.75, 3.05) is 0 Å². The van der Waals surface area contributed by atoms with E-state index in [1.807, 2.05) is 0 Å². The first-order chi connectivity index (χ1) is 6.93. The van der Waals surface area contributed by atoms with E-state index in [1.165, 1.54) is 0 Å². The van der Waals surface area contributed by atoms with Crippen LogP contribution in [0.15, 0.2) is 0 Å². The molecular weight excluding hydrogens is 772 g/mol. The standard InChI is InChI=1S/2Nb.12O.Pb.2Ti.Zr/q;;;;;;;;6*-1;+2;;;+4. The van der Waals surface area contributed by atoms with Gasteiger partial charge in [0, 0.05) is 0 Å². The summed E-state index contributed by atoms with van der Waals surface area (Å²) >= 11 is -16.6. The molecule has 98 valence electrons. The van der Waals surface area contributed by atoms with Crippen LogP contribution in [0.5, 0.6) is 0 Å². The van der Waals surface area contributed by atoms with Gasteiger partial charge in [-0.1, -0.05) is 0 Å². The molecular formula is Nb2O12PbTi2Zr. The molecule has 0 spiro atoms. The summed E-state index contributed by atoms with van der Waals surface area (Å²) in [5, 5.41) is 0. The molecule has 0 aromatic carbocycles. The summed E-state index contributed by atoms with van der Waals surface area (Å²) in [7, 11) is 0. The van der Waals surface area contributed by atoms with Crippen LogP contribution in [0.1, 0.15) is 0 Å². The zero-order chi connectivity index (χ0) is 14.3. The molecule has 0 N–H and O–H groups in total. The van der Waals surface area contributed by atoms with Gasteiger partial charge in [-0.3, -0.25) is 0 Å². The molecule has 0 aliphatic carbocycles. The summed E-state index contributed by atoms with van der Waals surface area (Å²) in [5.41, 5.74) is 0. The molecule has 0 saturated carbocycles. The van der Waals surface area contributed by atoms with Gasteiger partial charge in [-0.15, -0.1) is 0 Å². The number of rotatable bonds is 0. The molecule has 0 fully saturated rings. The summed E-state index contributed by atoms with van der Waals surface area (Å²) in [6.07, 6.45) is 0. The molecule has 0 unspecified atom stereocenters. The number of hydrogen-bond acceptors (Lipinski definition) is 12. The van der Waals surface area contributed by atoms with E-state index in [9.17, 15) is 0 Å². The van der Waals surface area contributed by atoms with E-state index in [-0.39, 0.29) is 53.5 Å². The first-order valence-electron chi connectivity index (χ1n) is 2.32. The zero-order valence-electron chi connectivity index (χ0n) is 7.79. The van der Waals surface area contributed by atoms with Gasteiger partial charge in [-0.25, -0.2) is 0 Å². The van der Waals surface area contributed by atoms with Crippen LogP contribution >= 0.6 is 0 Å². The van der Waals surface area contributed by atoms with E-state index >= 15 is 0 Å². The number of hydrogen-bond donors (Lipinski definition) is 0. The van der Waals surface area contributed by atoms with Gasteiger partial charge in [-0.2, -0.15) is 0 Å². The molecule has 0 rings (SSSR count). The summed E-state index contributed by atoms with van der Waals surface area (Å²) in [6.45, 7) is 0. The van der Waals surface area contributed by atoms with Crippen LogP contribution in [0, 0.1) is 0 Å². The van der Waals surface area contributed by atoms with Crippen molar-refractivity contribution in [3.63, 3.8) is 0 Å². The minimum Gasteiger partial charge on any atom is 2.00 e. The molecule has 0 atom stereocenters. The minimum atomic E-state index is -4.20. The third-order valence-electron chi connectivity index (χ3n) is 0. The average Bonchev–Trinajstić information content (AvgIpc) is 1.76. The summed E-state index contributed by atoms with van der Waals surface area (Å²) in [4.78, 5) is 0. The molecule has 0 aliphatic rings.